The molecule has 0 unspecified atom stereocenters. The highest BCUT2D eigenvalue weighted by Gasteiger charge is 2.23. The number of hydrogen-bond donors (Lipinski definition) is 2. The van der Waals surface area contributed by atoms with Gasteiger partial charge in [-0.3, -0.25) is 0 Å². The lowest BCUT2D eigenvalue weighted by atomic mass is 10.1. The quantitative estimate of drug-likeness (QED) is 0.327. The molecule has 0 radical (unpaired) electrons. The molecule has 0 bridgehead atoms. The lowest BCUT2D eigenvalue weighted by Gasteiger charge is -2.12. The van der Waals surface area contributed by atoms with E-state index in [1.807, 2.05) is 49.4 Å². The summed E-state index contributed by atoms with van der Waals surface area (Å²) >= 11 is 12.5. The minimum Gasteiger partial charge on any atom is -0.477 e. The van der Waals surface area contributed by atoms with Crippen LogP contribution in [0.25, 0.3) is 10.9 Å². The molecule has 3 aromatic carbocycles. The maximum atomic E-state index is 13.5. The van der Waals surface area contributed by atoms with Gasteiger partial charge < -0.3 is 15.0 Å². The molecule has 0 aliphatic carbocycles. The third-order valence-electron chi connectivity index (χ3n) is 5.45. The van der Waals surface area contributed by atoms with E-state index in [9.17, 15) is 14.3 Å². The first-order chi connectivity index (χ1) is 15.3. The summed E-state index contributed by atoms with van der Waals surface area (Å²) in [7, 11) is 0. The molecule has 1 aromatic heterocycles. The summed E-state index contributed by atoms with van der Waals surface area (Å²) in [4.78, 5) is 12.4. The Morgan fingerprint density at radius 3 is 2.50 bits per heavy atom. The first kappa shape index (κ1) is 22.3. The van der Waals surface area contributed by atoms with E-state index in [2.05, 4.69) is 5.32 Å². The largest absolute Gasteiger partial charge is 0.477 e. The number of carboxylic acids is 1. The van der Waals surface area contributed by atoms with Crippen molar-refractivity contribution < 1.29 is 14.3 Å². The molecule has 0 amide bonds. The lowest BCUT2D eigenvalue weighted by Crippen LogP contribution is -2.17. The van der Waals surface area contributed by atoms with Gasteiger partial charge in [0.1, 0.15) is 11.5 Å². The highest BCUT2D eigenvalue weighted by molar-refractivity contribution is 6.31. The smallest absolute Gasteiger partial charge is 0.352 e. The number of aromatic nitrogens is 1. The molecule has 2 N–H and O–H groups in total. The molecule has 4 rings (SSSR count). The second-order valence-corrected chi connectivity index (χ2v) is 8.48. The fourth-order valence-electron chi connectivity index (χ4n) is 3.90. The first-order valence-electron chi connectivity index (χ1n) is 10.1. The zero-order valence-electron chi connectivity index (χ0n) is 17.3. The van der Waals surface area contributed by atoms with Gasteiger partial charge in [-0.2, -0.15) is 0 Å². The van der Waals surface area contributed by atoms with Crippen molar-refractivity contribution in [3.8, 4) is 0 Å². The Balaban J connectivity index is 1.76. The van der Waals surface area contributed by atoms with Crippen molar-refractivity contribution in [1.29, 1.82) is 0 Å². The third-order valence-corrected chi connectivity index (χ3v) is 6.17. The van der Waals surface area contributed by atoms with Crippen molar-refractivity contribution in [3.05, 3.63) is 104 Å². The van der Waals surface area contributed by atoms with Crippen molar-refractivity contribution in [2.75, 3.05) is 0 Å². The van der Waals surface area contributed by atoms with Crippen LogP contribution in [0.5, 0.6) is 0 Å². The summed E-state index contributed by atoms with van der Waals surface area (Å²) in [6, 6.07) is 17.5. The average molecular weight is 471 g/mol. The van der Waals surface area contributed by atoms with Crippen LogP contribution >= 0.6 is 23.2 Å². The monoisotopic (exact) mass is 470 g/mol. The number of nitrogens with one attached hydrogen (secondary N) is 1. The Morgan fingerprint density at radius 1 is 1.00 bits per heavy atom. The van der Waals surface area contributed by atoms with E-state index in [4.69, 9.17) is 23.2 Å². The molecule has 1 heterocycles. The van der Waals surface area contributed by atoms with Crippen molar-refractivity contribution in [3.63, 3.8) is 0 Å². The zero-order chi connectivity index (χ0) is 22.8. The minimum atomic E-state index is -1.04. The van der Waals surface area contributed by atoms with Gasteiger partial charge in [-0.05, 0) is 47.9 Å². The molecule has 0 fully saturated rings. The summed E-state index contributed by atoms with van der Waals surface area (Å²) in [6.45, 7) is 3.01. The number of fused-ring (bicyclic) bond motifs is 1. The molecule has 0 aliphatic rings. The number of benzene rings is 3. The predicted octanol–water partition coefficient (Wildman–Crippen LogP) is 6.43. The van der Waals surface area contributed by atoms with E-state index in [0.29, 0.717) is 29.2 Å². The average Bonchev–Trinajstić information content (AvgIpc) is 3.04. The van der Waals surface area contributed by atoms with Gasteiger partial charge in [0.05, 0.1) is 0 Å². The molecule has 0 saturated heterocycles. The molecular formula is C25H21Cl2FN2O2. The van der Waals surface area contributed by atoms with Crippen molar-refractivity contribution >= 4 is 40.1 Å². The molecule has 32 heavy (non-hydrogen) atoms. The summed E-state index contributed by atoms with van der Waals surface area (Å²) in [5.74, 6) is -1.47. The van der Waals surface area contributed by atoms with Gasteiger partial charge in [0.2, 0.25) is 0 Å². The minimum absolute atomic E-state index is 0.178. The SMILES string of the molecule is Cc1ccc2c(CNCc3ccccc3Cl)c(C(=O)O)n(Cc3ccc(F)cc3Cl)c2c1. The highest BCUT2D eigenvalue weighted by Crippen LogP contribution is 2.30. The Morgan fingerprint density at radius 2 is 1.78 bits per heavy atom. The molecule has 0 saturated carbocycles. The van der Waals surface area contributed by atoms with Crippen LogP contribution in [0.3, 0.4) is 0 Å². The van der Waals surface area contributed by atoms with E-state index in [1.54, 1.807) is 10.6 Å². The van der Waals surface area contributed by atoms with Crippen LogP contribution in [0.4, 0.5) is 4.39 Å². The fourth-order valence-corrected chi connectivity index (χ4v) is 4.33. The second-order valence-electron chi connectivity index (χ2n) is 7.67. The molecule has 0 atom stereocenters. The second kappa shape index (κ2) is 9.33. The number of carbonyl (C=O) groups is 1. The van der Waals surface area contributed by atoms with E-state index in [-0.39, 0.29) is 17.3 Å². The Kier molecular flexibility index (Phi) is 6.51. The molecular weight excluding hydrogens is 450 g/mol. The maximum Gasteiger partial charge on any atom is 0.352 e. The molecule has 0 aliphatic heterocycles. The van der Waals surface area contributed by atoms with Gasteiger partial charge >= 0.3 is 5.97 Å². The standard InChI is InChI=1S/C25H21Cl2FN2O2/c1-15-6-9-19-20(13-29-12-16-4-2-3-5-21(16)26)24(25(31)32)30(23(19)10-15)14-17-7-8-18(28)11-22(17)27/h2-11,29H,12-14H2,1H3,(H,31,32). The maximum absolute atomic E-state index is 13.5. The number of aryl methyl sites for hydroxylation is 1. The molecule has 164 valence electrons. The summed E-state index contributed by atoms with van der Waals surface area (Å²) in [5, 5.41) is 15.2. The molecule has 4 nitrogen and oxygen atoms in total. The Hall–Kier alpha value is -2.86. The van der Waals surface area contributed by atoms with Crippen LogP contribution in [0.15, 0.2) is 60.7 Å². The fraction of sp³-hybridized carbons (Fsp3) is 0.160. The lowest BCUT2D eigenvalue weighted by molar-refractivity contribution is 0.0684. The van der Waals surface area contributed by atoms with Crippen LogP contribution in [-0.4, -0.2) is 15.6 Å². The van der Waals surface area contributed by atoms with Crippen LogP contribution < -0.4 is 5.32 Å². The van der Waals surface area contributed by atoms with E-state index in [1.165, 1.54) is 12.1 Å². The van der Waals surface area contributed by atoms with Gasteiger partial charge in [0.15, 0.2) is 0 Å². The van der Waals surface area contributed by atoms with Gasteiger partial charge in [0, 0.05) is 46.1 Å². The number of rotatable bonds is 7. The molecule has 7 heteroatoms. The normalized spacial score (nSPS) is 11.2. The van der Waals surface area contributed by atoms with E-state index in [0.717, 1.165) is 22.0 Å². The zero-order valence-corrected chi connectivity index (χ0v) is 18.8. The Labute approximate surface area is 195 Å². The summed E-state index contributed by atoms with van der Waals surface area (Å²) in [6.07, 6.45) is 0. The number of hydrogen-bond acceptors (Lipinski definition) is 2. The first-order valence-corrected chi connectivity index (χ1v) is 10.8. The van der Waals surface area contributed by atoms with Gasteiger partial charge in [-0.25, -0.2) is 9.18 Å². The Bertz CT molecular complexity index is 1320. The predicted molar refractivity (Wildman–Crippen MR) is 126 cm³/mol. The van der Waals surface area contributed by atoms with Gasteiger partial charge in [0.25, 0.3) is 0 Å². The number of halogens is 3. The van der Waals surface area contributed by atoms with E-state index >= 15 is 0 Å². The van der Waals surface area contributed by atoms with Gasteiger partial charge in [-0.15, -0.1) is 0 Å². The van der Waals surface area contributed by atoms with Crippen LogP contribution in [0.2, 0.25) is 10.0 Å². The van der Waals surface area contributed by atoms with E-state index < -0.39 is 11.8 Å². The summed E-state index contributed by atoms with van der Waals surface area (Å²) in [5.41, 5.74) is 4.23. The van der Waals surface area contributed by atoms with Crippen LogP contribution in [-0.2, 0) is 19.6 Å². The van der Waals surface area contributed by atoms with Crippen LogP contribution in [0, 0.1) is 12.7 Å². The topological polar surface area (TPSA) is 54.3 Å². The number of aromatic carboxylic acids is 1. The molecule has 0 spiro atoms. The summed E-state index contributed by atoms with van der Waals surface area (Å²) < 4.78 is 15.2. The van der Waals surface area contributed by atoms with Crippen molar-refractivity contribution in [1.82, 2.24) is 9.88 Å². The van der Waals surface area contributed by atoms with Gasteiger partial charge in [-0.1, -0.05) is 59.6 Å². The molecule has 4 aromatic rings. The van der Waals surface area contributed by atoms with Crippen molar-refractivity contribution in [2.24, 2.45) is 0 Å². The third kappa shape index (κ3) is 4.51. The number of nitrogens with zero attached hydrogens (tertiary/aromatic N) is 1. The highest BCUT2D eigenvalue weighted by atomic mass is 35.5. The van der Waals surface area contributed by atoms with Crippen molar-refractivity contribution in [2.45, 2.75) is 26.6 Å². The van der Waals surface area contributed by atoms with Crippen LogP contribution in [0.1, 0.15) is 32.7 Å². The number of carboxylic acid groups (broad SMARTS) is 1.